The first kappa shape index (κ1) is 15.6. The predicted molar refractivity (Wildman–Crippen MR) is 93.0 cm³/mol. The van der Waals surface area contributed by atoms with Crippen molar-refractivity contribution in [2.75, 3.05) is 30.4 Å². The van der Waals surface area contributed by atoms with Crippen LogP contribution in [-0.2, 0) is 0 Å². The first-order valence-corrected chi connectivity index (χ1v) is 8.29. The number of rotatable bonds is 4. The predicted octanol–water partition coefficient (Wildman–Crippen LogP) is 1.31. The molecule has 4 heterocycles. The fourth-order valence-electron chi connectivity index (χ4n) is 3.05. The molecule has 1 saturated heterocycles. The van der Waals surface area contributed by atoms with Gasteiger partial charge in [0.25, 0.3) is 0 Å². The molecule has 1 aliphatic rings. The fraction of sp³-hybridized carbons (Fsp3) is 0.438. The van der Waals surface area contributed by atoms with Crippen LogP contribution in [0.3, 0.4) is 0 Å². The third-order valence-electron chi connectivity index (χ3n) is 4.43. The molecular weight excluding hydrogens is 320 g/mol. The van der Waals surface area contributed by atoms with E-state index in [1.807, 2.05) is 25.1 Å². The molecule has 3 aromatic rings. The Labute approximate surface area is 145 Å². The number of fused-ring (bicyclic) bond motifs is 1. The molecule has 0 saturated carbocycles. The quantitative estimate of drug-likeness (QED) is 0.760. The average Bonchev–Trinajstić information content (AvgIpc) is 3.03. The van der Waals surface area contributed by atoms with Gasteiger partial charge in [0, 0.05) is 25.2 Å². The van der Waals surface area contributed by atoms with Crippen molar-refractivity contribution in [2.45, 2.75) is 25.8 Å². The van der Waals surface area contributed by atoms with Crippen molar-refractivity contribution in [3.63, 3.8) is 0 Å². The van der Waals surface area contributed by atoms with Gasteiger partial charge in [0.05, 0.1) is 7.11 Å². The number of hydrogen-bond donors (Lipinski definition) is 1. The van der Waals surface area contributed by atoms with Crippen LogP contribution in [0.2, 0.25) is 0 Å². The number of nitrogens with one attached hydrogen (secondary N) is 1. The SMILES string of the molecule is COc1cc(NC2CCN(c3ccc4nnc(C)n4n3)CC2)ncn1. The van der Waals surface area contributed by atoms with Gasteiger partial charge in [0.15, 0.2) is 11.5 Å². The Bertz CT molecular complexity index is 871. The van der Waals surface area contributed by atoms with E-state index in [1.54, 1.807) is 11.6 Å². The maximum Gasteiger partial charge on any atom is 0.218 e. The van der Waals surface area contributed by atoms with E-state index in [9.17, 15) is 0 Å². The first-order chi connectivity index (χ1) is 12.2. The minimum atomic E-state index is 0.372. The van der Waals surface area contributed by atoms with E-state index in [2.05, 4.69) is 35.5 Å². The summed E-state index contributed by atoms with van der Waals surface area (Å²) in [7, 11) is 1.60. The Morgan fingerprint density at radius 1 is 1.16 bits per heavy atom. The van der Waals surface area contributed by atoms with E-state index in [0.29, 0.717) is 11.9 Å². The molecule has 0 spiro atoms. The molecule has 9 nitrogen and oxygen atoms in total. The summed E-state index contributed by atoms with van der Waals surface area (Å²) in [5.41, 5.74) is 0.774. The number of hydrogen-bond acceptors (Lipinski definition) is 8. The molecule has 9 heteroatoms. The Balaban J connectivity index is 1.41. The molecule has 1 fully saturated rings. The topological polar surface area (TPSA) is 93.4 Å². The third-order valence-corrected chi connectivity index (χ3v) is 4.43. The molecule has 0 amide bonds. The molecule has 0 radical (unpaired) electrons. The van der Waals surface area contributed by atoms with Crippen LogP contribution in [0, 0.1) is 6.92 Å². The Kier molecular flexibility index (Phi) is 4.04. The fourth-order valence-corrected chi connectivity index (χ4v) is 3.05. The number of anilines is 2. The van der Waals surface area contributed by atoms with Crippen molar-refractivity contribution in [3.8, 4) is 5.88 Å². The van der Waals surface area contributed by atoms with Crippen LogP contribution in [0.15, 0.2) is 24.5 Å². The van der Waals surface area contributed by atoms with Gasteiger partial charge in [-0.15, -0.1) is 15.3 Å². The monoisotopic (exact) mass is 340 g/mol. The van der Waals surface area contributed by atoms with E-state index in [0.717, 1.165) is 49.0 Å². The Morgan fingerprint density at radius 2 is 2.00 bits per heavy atom. The first-order valence-electron chi connectivity index (χ1n) is 8.29. The van der Waals surface area contributed by atoms with Crippen LogP contribution in [0.5, 0.6) is 5.88 Å². The lowest BCUT2D eigenvalue weighted by Gasteiger charge is -2.33. The van der Waals surface area contributed by atoms with E-state index in [-0.39, 0.29) is 0 Å². The molecule has 1 aliphatic heterocycles. The summed E-state index contributed by atoms with van der Waals surface area (Å²) in [6.07, 6.45) is 3.53. The van der Waals surface area contributed by atoms with Crippen molar-refractivity contribution >= 4 is 17.3 Å². The average molecular weight is 340 g/mol. The number of aromatic nitrogens is 6. The van der Waals surface area contributed by atoms with E-state index in [4.69, 9.17) is 4.74 Å². The lowest BCUT2D eigenvalue weighted by Crippen LogP contribution is -2.39. The number of nitrogens with zero attached hydrogens (tertiary/aromatic N) is 7. The molecule has 0 unspecified atom stereocenters. The zero-order valence-electron chi connectivity index (χ0n) is 14.3. The van der Waals surface area contributed by atoms with Gasteiger partial charge in [-0.2, -0.15) is 4.52 Å². The second kappa shape index (κ2) is 6.50. The summed E-state index contributed by atoms with van der Waals surface area (Å²) in [5, 5.41) is 16.2. The van der Waals surface area contributed by atoms with Gasteiger partial charge < -0.3 is 15.0 Å². The summed E-state index contributed by atoms with van der Waals surface area (Å²) < 4.78 is 6.92. The van der Waals surface area contributed by atoms with Crippen LogP contribution in [-0.4, -0.2) is 56.0 Å². The van der Waals surface area contributed by atoms with Gasteiger partial charge in [0.1, 0.15) is 18.0 Å². The van der Waals surface area contributed by atoms with Gasteiger partial charge in [0.2, 0.25) is 5.88 Å². The number of ether oxygens (including phenoxy) is 1. The van der Waals surface area contributed by atoms with Crippen LogP contribution < -0.4 is 15.0 Å². The van der Waals surface area contributed by atoms with Crippen LogP contribution in [0.1, 0.15) is 18.7 Å². The minimum absolute atomic E-state index is 0.372. The molecule has 130 valence electrons. The smallest absolute Gasteiger partial charge is 0.218 e. The standard InChI is InChI=1S/C16H20N8O/c1-11-20-21-14-3-4-15(22-24(11)14)23-7-5-12(6-8-23)19-13-9-16(25-2)18-10-17-13/h3-4,9-10,12H,5-8H2,1-2H3,(H,17,18,19). The highest BCUT2D eigenvalue weighted by atomic mass is 16.5. The van der Waals surface area contributed by atoms with E-state index < -0.39 is 0 Å². The number of piperidine rings is 1. The van der Waals surface area contributed by atoms with Gasteiger partial charge in [-0.3, -0.25) is 0 Å². The largest absolute Gasteiger partial charge is 0.481 e. The molecule has 0 atom stereocenters. The zero-order valence-corrected chi connectivity index (χ0v) is 14.3. The van der Waals surface area contributed by atoms with Crippen LogP contribution in [0.4, 0.5) is 11.6 Å². The lowest BCUT2D eigenvalue weighted by atomic mass is 10.1. The highest BCUT2D eigenvalue weighted by Gasteiger charge is 2.21. The van der Waals surface area contributed by atoms with Crippen LogP contribution in [0.25, 0.3) is 5.65 Å². The molecule has 1 N–H and O–H groups in total. The molecular formula is C16H20N8O. The van der Waals surface area contributed by atoms with E-state index >= 15 is 0 Å². The van der Waals surface area contributed by atoms with Crippen molar-refractivity contribution in [3.05, 3.63) is 30.4 Å². The number of methoxy groups -OCH3 is 1. The zero-order chi connectivity index (χ0) is 17.2. The molecule has 0 bridgehead atoms. The summed E-state index contributed by atoms with van der Waals surface area (Å²) in [6.45, 7) is 3.77. The van der Waals surface area contributed by atoms with Gasteiger partial charge in [-0.1, -0.05) is 0 Å². The van der Waals surface area contributed by atoms with Crippen molar-refractivity contribution in [1.29, 1.82) is 0 Å². The molecule has 4 rings (SSSR count). The van der Waals surface area contributed by atoms with Crippen LogP contribution >= 0.6 is 0 Å². The Morgan fingerprint density at radius 3 is 2.80 bits per heavy atom. The van der Waals surface area contributed by atoms with Crippen molar-refractivity contribution in [1.82, 2.24) is 29.8 Å². The third kappa shape index (κ3) is 3.17. The highest BCUT2D eigenvalue weighted by molar-refractivity contribution is 5.46. The molecule has 25 heavy (non-hydrogen) atoms. The maximum atomic E-state index is 5.14. The summed E-state index contributed by atoms with van der Waals surface area (Å²) >= 11 is 0. The van der Waals surface area contributed by atoms with Crippen molar-refractivity contribution in [2.24, 2.45) is 0 Å². The van der Waals surface area contributed by atoms with Gasteiger partial charge in [-0.25, -0.2) is 9.97 Å². The minimum Gasteiger partial charge on any atom is -0.481 e. The second-order valence-electron chi connectivity index (χ2n) is 6.06. The normalized spacial score (nSPS) is 15.5. The summed E-state index contributed by atoms with van der Waals surface area (Å²) in [6, 6.07) is 6.15. The van der Waals surface area contributed by atoms with Gasteiger partial charge in [-0.05, 0) is 31.9 Å². The molecule has 0 aromatic carbocycles. The molecule has 0 aliphatic carbocycles. The van der Waals surface area contributed by atoms with E-state index in [1.165, 1.54) is 6.33 Å². The summed E-state index contributed by atoms with van der Waals surface area (Å²) in [4.78, 5) is 10.6. The highest BCUT2D eigenvalue weighted by Crippen LogP contribution is 2.21. The summed E-state index contributed by atoms with van der Waals surface area (Å²) in [5.74, 6) is 3.12. The van der Waals surface area contributed by atoms with Crippen molar-refractivity contribution < 1.29 is 4.74 Å². The maximum absolute atomic E-state index is 5.14. The second-order valence-corrected chi connectivity index (χ2v) is 6.06. The molecule has 3 aromatic heterocycles. The number of aryl methyl sites for hydroxylation is 1. The Hall–Kier alpha value is -2.97. The van der Waals surface area contributed by atoms with Gasteiger partial charge >= 0.3 is 0 Å². The lowest BCUT2D eigenvalue weighted by molar-refractivity contribution is 0.397.